The molecule has 3 nitrogen and oxygen atoms in total. The van der Waals surface area contributed by atoms with Crippen molar-refractivity contribution in [2.45, 2.75) is 46.6 Å². The molecule has 1 rings (SSSR count). The molecule has 17 heavy (non-hydrogen) atoms. The van der Waals surface area contributed by atoms with Crippen LogP contribution in [-0.2, 0) is 7.05 Å². The molecular weight excluding hydrogens is 210 g/mol. The normalized spacial score (nSPS) is 12.1. The van der Waals surface area contributed by atoms with Crippen molar-refractivity contribution in [2.24, 2.45) is 7.05 Å². The van der Waals surface area contributed by atoms with Gasteiger partial charge >= 0.3 is 0 Å². The molecule has 0 saturated heterocycles. The van der Waals surface area contributed by atoms with Gasteiger partial charge in [-0.05, 0) is 33.7 Å². The van der Waals surface area contributed by atoms with Crippen molar-refractivity contribution in [1.82, 2.24) is 15.1 Å². The lowest BCUT2D eigenvalue weighted by molar-refractivity contribution is 0.537. The molecule has 0 spiro atoms. The molecule has 0 bridgehead atoms. The molecule has 1 atom stereocenters. The maximum atomic E-state index is 4.48. The van der Waals surface area contributed by atoms with Crippen molar-refractivity contribution in [3.05, 3.63) is 17.0 Å². The summed E-state index contributed by atoms with van der Waals surface area (Å²) >= 11 is 0. The Morgan fingerprint density at radius 1 is 1.41 bits per heavy atom. The van der Waals surface area contributed by atoms with Crippen LogP contribution in [0.5, 0.6) is 0 Å². The van der Waals surface area contributed by atoms with Gasteiger partial charge in [0.2, 0.25) is 0 Å². The minimum atomic E-state index is 0.302. The molecule has 1 N–H and O–H groups in total. The van der Waals surface area contributed by atoms with E-state index in [1.165, 1.54) is 11.3 Å². The van der Waals surface area contributed by atoms with Crippen molar-refractivity contribution < 1.29 is 0 Å². The second-order valence-electron chi connectivity index (χ2n) is 4.35. The highest BCUT2D eigenvalue weighted by Gasteiger charge is 2.18. The predicted octanol–water partition coefficient (Wildman–Crippen LogP) is 2.49. The maximum absolute atomic E-state index is 4.48. The van der Waals surface area contributed by atoms with E-state index in [2.05, 4.69) is 43.0 Å². The molecule has 1 heterocycles. The van der Waals surface area contributed by atoms with Crippen LogP contribution in [0.15, 0.2) is 0 Å². The zero-order valence-electron chi connectivity index (χ0n) is 11.6. The first-order valence-electron chi connectivity index (χ1n) is 6.24. The van der Waals surface area contributed by atoms with Crippen LogP contribution in [0.3, 0.4) is 0 Å². The largest absolute Gasteiger partial charge is 0.309 e. The third kappa shape index (κ3) is 3.34. The monoisotopic (exact) mass is 233 g/mol. The number of rotatable bonds is 5. The molecule has 0 fully saturated rings. The lowest BCUT2D eigenvalue weighted by Crippen LogP contribution is -2.23. The number of nitrogens with zero attached hydrogens (tertiary/aromatic N) is 2. The summed E-state index contributed by atoms with van der Waals surface area (Å²) in [6, 6.07) is 0.302. The minimum Gasteiger partial charge on any atom is -0.309 e. The molecule has 0 radical (unpaired) electrons. The summed E-state index contributed by atoms with van der Waals surface area (Å²) in [6.45, 7) is 9.28. The molecule has 94 valence electrons. The standard InChI is InChI=1S/C14H23N3/c1-6-8-9-13(15-10-7-2)14-11(3)16-17(5)12(14)4/h13,15H,7,9-10H2,1-5H3. The van der Waals surface area contributed by atoms with E-state index in [0.717, 1.165) is 25.1 Å². The van der Waals surface area contributed by atoms with E-state index < -0.39 is 0 Å². The Bertz CT molecular complexity index is 421. The highest BCUT2D eigenvalue weighted by atomic mass is 15.3. The quantitative estimate of drug-likeness (QED) is 0.792. The second-order valence-corrected chi connectivity index (χ2v) is 4.35. The molecule has 1 unspecified atom stereocenters. The molecular formula is C14H23N3. The summed E-state index contributed by atoms with van der Waals surface area (Å²) in [7, 11) is 1.99. The van der Waals surface area contributed by atoms with Crippen LogP contribution in [0.2, 0.25) is 0 Å². The van der Waals surface area contributed by atoms with Gasteiger partial charge in [-0.25, -0.2) is 0 Å². The van der Waals surface area contributed by atoms with Gasteiger partial charge in [0.1, 0.15) is 0 Å². The Hall–Kier alpha value is -1.27. The topological polar surface area (TPSA) is 29.9 Å². The van der Waals surface area contributed by atoms with E-state index in [9.17, 15) is 0 Å². The predicted molar refractivity (Wildman–Crippen MR) is 71.8 cm³/mol. The Labute approximate surface area is 105 Å². The van der Waals surface area contributed by atoms with Gasteiger partial charge in [0.05, 0.1) is 5.69 Å². The Morgan fingerprint density at radius 2 is 2.12 bits per heavy atom. The lowest BCUT2D eigenvalue weighted by Gasteiger charge is -2.17. The van der Waals surface area contributed by atoms with Crippen molar-refractivity contribution in [3.8, 4) is 11.8 Å². The van der Waals surface area contributed by atoms with Gasteiger partial charge in [-0.3, -0.25) is 4.68 Å². The SMILES string of the molecule is CC#CCC(NCCC)c1c(C)nn(C)c1C. The molecule has 0 aliphatic carbocycles. The third-order valence-electron chi connectivity index (χ3n) is 3.04. The smallest absolute Gasteiger partial charge is 0.0644 e. The average Bonchev–Trinajstić information content (AvgIpc) is 2.55. The van der Waals surface area contributed by atoms with E-state index in [0.29, 0.717) is 6.04 Å². The van der Waals surface area contributed by atoms with Gasteiger partial charge in [-0.15, -0.1) is 11.8 Å². The van der Waals surface area contributed by atoms with Crippen LogP contribution < -0.4 is 5.32 Å². The van der Waals surface area contributed by atoms with Crippen LogP contribution in [0.1, 0.15) is 49.7 Å². The van der Waals surface area contributed by atoms with Crippen LogP contribution in [0.25, 0.3) is 0 Å². The first kappa shape index (κ1) is 13.8. The van der Waals surface area contributed by atoms with Crippen molar-refractivity contribution in [1.29, 1.82) is 0 Å². The number of aromatic nitrogens is 2. The molecule has 1 aromatic heterocycles. The Balaban J connectivity index is 2.97. The third-order valence-corrected chi connectivity index (χ3v) is 3.04. The van der Waals surface area contributed by atoms with Crippen LogP contribution in [0.4, 0.5) is 0 Å². The maximum Gasteiger partial charge on any atom is 0.0644 e. The summed E-state index contributed by atoms with van der Waals surface area (Å²) in [5, 5.41) is 8.04. The Morgan fingerprint density at radius 3 is 2.59 bits per heavy atom. The number of aryl methyl sites for hydroxylation is 2. The number of nitrogens with one attached hydrogen (secondary N) is 1. The molecule has 3 heteroatoms. The molecule has 0 amide bonds. The van der Waals surface area contributed by atoms with Gasteiger partial charge in [0, 0.05) is 30.8 Å². The van der Waals surface area contributed by atoms with Crippen LogP contribution in [0, 0.1) is 25.7 Å². The lowest BCUT2D eigenvalue weighted by atomic mass is 10.0. The molecule has 0 aromatic carbocycles. The minimum absolute atomic E-state index is 0.302. The van der Waals surface area contributed by atoms with Crippen LogP contribution >= 0.6 is 0 Å². The number of hydrogen-bond acceptors (Lipinski definition) is 2. The van der Waals surface area contributed by atoms with E-state index in [1.54, 1.807) is 0 Å². The average molecular weight is 233 g/mol. The van der Waals surface area contributed by atoms with E-state index in [-0.39, 0.29) is 0 Å². The first-order valence-corrected chi connectivity index (χ1v) is 6.24. The zero-order chi connectivity index (χ0) is 12.8. The fraction of sp³-hybridized carbons (Fsp3) is 0.643. The van der Waals surface area contributed by atoms with Gasteiger partial charge < -0.3 is 5.32 Å². The van der Waals surface area contributed by atoms with Crippen molar-refractivity contribution in [3.63, 3.8) is 0 Å². The zero-order valence-corrected chi connectivity index (χ0v) is 11.6. The highest BCUT2D eigenvalue weighted by Crippen LogP contribution is 2.23. The van der Waals surface area contributed by atoms with Gasteiger partial charge in [0.25, 0.3) is 0 Å². The van der Waals surface area contributed by atoms with Gasteiger partial charge in [-0.2, -0.15) is 5.10 Å². The molecule has 1 aromatic rings. The second kappa shape index (κ2) is 6.46. The molecule has 0 aliphatic rings. The van der Waals surface area contributed by atoms with Crippen molar-refractivity contribution in [2.75, 3.05) is 6.54 Å². The number of hydrogen-bond donors (Lipinski definition) is 1. The fourth-order valence-corrected chi connectivity index (χ4v) is 2.09. The molecule has 0 saturated carbocycles. The summed E-state index contributed by atoms with van der Waals surface area (Å²) < 4.78 is 1.95. The fourth-order valence-electron chi connectivity index (χ4n) is 2.09. The summed E-state index contributed by atoms with van der Waals surface area (Å²) in [5.74, 6) is 6.14. The molecule has 0 aliphatic heterocycles. The van der Waals surface area contributed by atoms with Gasteiger partial charge in [-0.1, -0.05) is 6.92 Å². The van der Waals surface area contributed by atoms with Crippen molar-refractivity contribution >= 4 is 0 Å². The van der Waals surface area contributed by atoms with E-state index in [4.69, 9.17) is 0 Å². The van der Waals surface area contributed by atoms with Gasteiger partial charge in [0.15, 0.2) is 0 Å². The summed E-state index contributed by atoms with van der Waals surface area (Å²) in [5.41, 5.74) is 3.65. The summed E-state index contributed by atoms with van der Waals surface area (Å²) in [6.07, 6.45) is 1.98. The first-order chi connectivity index (χ1) is 8.11. The van der Waals surface area contributed by atoms with E-state index in [1.807, 2.05) is 18.7 Å². The van der Waals surface area contributed by atoms with Crippen LogP contribution in [-0.4, -0.2) is 16.3 Å². The summed E-state index contributed by atoms with van der Waals surface area (Å²) in [4.78, 5) is 0. The Kier molecular flexibility index (Phi) is 5.24. The van der Waals surface area contributed by atoms with E-state index >= 15 is 0 Å². The highest BCUT2D eigenvalue weighted by molar-refractivity contribution is 5.29.